The van der Waals surface area contributed by atoms with Crippen LogP contribution in [0.15, 0.2) is 36.7 Å². The van der Waals surface area contributed by atoms with Crippen LogP contribution in [0.4, 0.5) is 17.6 Å². The zero-order valence-corrected chi connectivity index (χ0v) is 17.8. The molecule has 6 nitrogen and oxygen atoms in total. The molecule has 0 saturated heterocycles. The van der Waals surface area contributed by atoms with E-state index in [1.54, 1.807) is 6.07 Å². The summed E-state index contributed by atoms with van der Waals surface area (Å²) in [6, 6.07) is 7.40. The van der Waals surface area contributed by atoms with Gasteiger partial charge < -0.3 is 5.73 Å². The third kappa shape index (κ3) is 4.85. The summed E-state index contributed by atoms with van der Waals surface area (Å²) in [5.74, 6) is -1.14. The number of rotatable bonds is 5. The molecule has 0 saturated carbocycles. The van der Waals surface area contributed by atoms with Crippen LogP contribution in [0.3, 0.4) is 0 Å². The Balaban J connectivity index is 1.67. The highest BCUT2D eigenvalue weighted by Gasteiger charge is 2.33. The molecule has 10 heteroatoms. The molecule has 0 atom stereocenters. The normalized spacial score (nSPS) is 14.2. The molecule has 0 unspecified atom stereocenters. The van der Waals surface area contributed by atoms with E-state index in [4.69, 9.17) is 5.73 Å². The molecular formula is C23H21F4N5O. The molecular weight excluding hydrogens is 438 g/mol. The van der Waals surface area contributed by atoms with Crippen LogP contribution in [-0.2, 0) is 32.1 Å². The molecule has 0 fully saturated rings. The van der Waals surface area contributed by atoms with Gasteiger partial charge in [0.15, 0.2) is 0 Å². The average Bonchev–Trinajstić information content (AvgIpc) is 2.77. The Morgan fingerprint density at radius 3 is 2.61 bits per heavy atom. The van der Waals surface area contributed by atoms with E-state index >= 15 is 0 Å². The number of fused-ring (bicyclic) bond motifs is 1. The van der Waals surface area contributed by atoms with Crippen molar-refractivity contribution in [2.24, 2.45) is 5.73 Å². The van der Waals surface area contributed by atoms with Crippen LogP contribution in [-0.4, -0.2) is 32.3 Å². The van der Waals surface area contributed by atoms with Crippen LogP contribution in [0.5, 0.6) is 0 Å². The Morgan fingerprint density at radius 1 is 1.15 bits per heavy atom. The summed E-state index contributed by atoms with van der Waals surface area (Å²) in [4.78, 5) is 25.3. The third-order valence-electron chi connectivity index (χ3n) is 5.65. The summed E-state index contributed by atoms with van der Waals surface area (Å²) in [5, 5.41) is 0. The molecule has 0 aliphatic carbocycles. The Hall–Kier alpha value is -3.40. The minimum Gasteiger partial charge on any atom is -0.364 e. The summed E-state index contributed by atoms with van der Waals surface area (Å²) < 4.78 is 53.8. The molecule has 33 heavy (non-hydrogen) atoms. The monoisotopic (exact) mass is 459 g/mol. The molecule has 0 radical (unpaired) electrons. The number of hydrogen-bond acceptors (Lipinski definition) is 5. The highest BCUT2D eigenvalue weighted by atomic mass is 19.4. The number of amides is 1. The number of nitrogens with two attached hydrogens (primary N) is 1. The van der Waals surface area contributed by atoms with E-state index in [1.807, 2.05) is 17.9 Å². The van der Waals surface area contributed by atoms with E-state index in [9.17, 15) is 22.4 Å². The smallest absolute Gasteiger partial charge is 0.364 e. The number of primary amides is 1. The molecule has 4 rings (SSSR count). The number of aromatic nitrogens is 3. The van der Waals surface area contributed by atoms with Gasteiger partial charge >= 0.3 is 6.18 Å². The first kappa shape index (κ1) is 22.8. The second-order valence-corrected chi connectivity index (χ2v) is 7.87. The minimum absolute atomic E-state index is 0.00552. The van der Waals surface area contributed by atoms with Gasteiger partial charge in [0.05, 0.1) is 11.4 Å². The van der Waals surface area contributed by atoms with E-state index in [-0.39, 0.29) is 24.5 Å². The lowest BCUT2D eigenvalue weighted by Gasteiger charge is -2.29. The molecule has 3 heterocycles. The fourth-order valence-corrected chi connectivity index (χ4v) is 3.96. The Kier molecular flexibility index (Phi) is 6.11. The molecule has 1 aromatic carbocycles. The molecule has 1 amide bonds. The van der Waals surface area contributed by atoms with Gasteiger partial charge in [0.1, 0.15) is 23.5 Å². The zero-order chi connectivity index (χ0) is 23.8. The summed E-state index contributed by atoms with van der Waals surface area (Å²) in [6.45, 7) is 2.82. The van der Waals surface area contributed by atoms with Crippen molar-refractivity contribution < 1.29 is 22.4 Å². The van der Waals surface area contributed by atoms with E-state index < -0.39 is 23.6 Å². The molecule has 3 aromatic rings. The predicted octanol–water partition coefficient (Wildman–Crippen LogP) is 3.92. The largest absolute Gasteiger partial charge is 0.433 e. The number of halogens is 4. The number of carbonyl (C=O) groups is 1. The van der Waals surface area contributed by atoms with Crippen LogP contribution in [0.2, 0.25) is 0 Å². The van der Waals surface area contributed by atoms with Crippen LogP contribution in [0.25, 0.3) is 11.1 Å². The van der Waals surface area contributed by atoms with Gasteiger partial charge in [-0.3, -0.25) is 9.69 Å². The predicted molar refractivity (Wildman–Crippen MR) is 112 cm³/mol. The number of hydrogen-bond donors (Lipinski definition) is 1. The number of pyridine rings is 1. The molecule has 172 valence electrons. The van der Waals surface area contributed by atoms with Crippen molar-refractivity contribution in [2.75, 3.05) is 6.54 Å². The molecule has 1 aliphatic heterocycles. The third-order valence-corrected chi connectivity index (χ3v) is 5.65. The highest BCUT2D eigenvalue weighted by Crippen LogP contribution is 2.33. The molecule has 0 bridgehead atoms. The SMILES string of the molecule is CCc1ccc(-c2cc(C(N)=O)nc3c2CCN(Cc2cc(C(F)(F)F)ncn2)C3)c(F)c1. The maximum Gasteiger partial charge on any atom is 0.433 e. The Bertz CT molecular complexity index is 1210. The van der Waals surface area contributed by atoms with Gasteiger partial charge in [0, 0.05) is 25.2 Å². The van der Waals surface area contributed by atoms with Gasteiger partial charge in [-0.25, -0.2) is 19.3 Å². The van der Waals surface area contributed by atoms with Gasteiger partial charge in [-0.15, -0.1) is 0 Å². The van der Waals surface area contributed by atoms with E-state index in [2.05, 4.69) is 15.0 Å². The number of alkyl halides is 3. The lowest BCUT2D eigenvalue weighted by Crippen LogP contribution is -2.32. The summed E-state index contributed by atoms with van der Waals surface area (Å²) in [5.41, 5.74) is 7.76. The van der Waals surface area contributed by atoms with Crippen LogP contribution in [0.1, 0.15) is 45.6 Å². The van der Waals surface area contributed by atoms with Gasteiger partial charge in [0.2, 0.25) is 0 Å². The topological polar surface area (TPSA) is 85.0 Å². The lowest BCUT2D eigenvalue weighted by molar-refractivity contribution is -0.141. The first-order valence-electron chi connectivity index (χ1n) is 10.4. The first-order chi connectivity index (χ1) is 15.7. The highest BCUT2D eigenvalue weighted by molar-refractivity contribution is 5.92. The minimum atomic E-state index is -4.56. The molecule has 0 spiro atoms. The van der Waals surface area contributed by atoms with Crippen molar-refractivity contribution in [3.63, 3.8) is 0 Å². The Morgan fingerprint density at radius 2 is 1.94 bits per heavy atom. The van der Waals surface area contributed by atoms with E-state index in [1.165, 1.54) is 12.1 Å². The maximum atomic E-state index is 14.9. The Labute approximate surface area is 187 Å². The van der Waals surface area contributed by atoms with Crippen molar-refractivity contribution in [1.82, 2.24) is 19.9 Å². The van der Waals surface area contributed by atoms with Crippen LogP contribution < -0.4 is 5.73 Å². The van der Waals surface area contributed by atoms with Crippen molar-refractivity contribution in [2.45, 2.75) is 39.0 Å². The van der Waals surface area contributed by atoms with E-state index in [0.717, 1.165) is 23.5 Å². The zero-order valence-electron chi connectivity index (χ0n) is 17.8. The summed E-state index contributed by atoms with van der Waals surface area (Å²) in [6.07, 6.45) is -2.51. The molecule has 1 aliphatic rings. The van der Waals surface area contributed by atoms with Gasteiger partial charge in [-0.1, -0.05) is 19.1 Å². The first-order valence-corrected chi connectivity index (χ1v) is 10.4. The van der Waals surface area contributed by atoms with Crippen molar-refractivity contribution >= 4 is 5.91 Å². The van der Waals surface area contributed by atoms with Gasteiger partial charge in [-0.05, 0) is 47.7 Å². The summed E-state index contributed by atoms with van der Waals surface area (Å²) in [7, 11) is 0. The van der Waals surface area contributed by atoms with Crippen molar-refractivity contribution in [3.8, 4) is 11.1 Å². The van der Waals surface area contributed by atoms with Gasteiger partial charge in [-0.2, -0.15) is 13.2 Å². The quantitative estimate of drug-likeness (QED) is 0.585. The number of benzene rings is 1. The fraction of sp³-hybridized carbons (Fsp3) is 0.304. The van der Waals surface area contributed by atoms with Crippen molar-refractivity contribution in [3.05, 3.63) is 76.4 Å². The number of carbonyl (C=O) groups excluding carboxylic acids is 1. The van der Waals surface area contributed by atoms with Crippen molar-refractivity contribution in [1.29, 1.82) is 0 Å². The van der Waals surface area contributed by atoms with E-state index in [0.29, 0.717) is 36.2 Å². The second kappa shape index (κ2) is 8.86. The van der Waals surface area contributed by atoms with Gasteiger partial charge in [0.25, 0.3) is 5.91 Å². The van der Waals surface area contributed by atoms with Crippen LogP contribution >= 0.6 is 0 Å². The maximum absolute atomic E-state index is 14.9. The summed E-state index contributed by atoms with van der Waals surface area (Å²) >= 11 is 0. The average molecular weight is 459 g/mol. The fourth-order valence-electron chi connectivity index (χ4n) is 3.96. The molecule has 2 aromatic heterocycles. The molecule has 2 N–H and O–H groups in total. The lowest BCUT2D eigenvalue weighted by atomic mass is 9.92. The standard InChI is InChI=1S/C23H21F4N5O/c1-2-13-3-4-15(18(24)7-13)17-9-19(22(28)33)31-20-11-32(6-5-16(17)20)10-14-8-21(23(25,26)27)30-12-29-14/h3-4,7-9,12H,2,5-6,10-11H2,1H3,(H2,28,33). The number of aryl methyl sites for hydroxylation is 1. The second-order valence-electron chi connectivity index (χ2n) is 7.87. The number of nitrogens with zero attached hydrogens (tertiary/aromatic N) is 4. The van der Waals surface area contributed by atoms with Crippen LogP contribution in [0, 0.1) is 5.82 Å².